The van der Waals surface area contributed by atoms with E-state index >= 15 is 0 Å². The van der Waals surface area contributed by atoms with Gasteiger partial charge in [-0.2, -0.15) is 17.0 Å². The largest absolute Gasteiger partial charge is 0.302 e. The van der Waals surface area contributed by atoms with E-state index < -0.39 is 0 Å². The second-order valence-corrected chi connectivity index (χ2v) is 5.38. The molecule has 1 aromatic heterocycles. The smallest absolute Gasteiger partial charge is 0.228 e. The molecule has 17 heavy (non-hydrogen) atoms. The standard InChI is InChI=1S/C11H14N2O2S2/c1-6-10(7(2)14)11(17-12-6)13-4-8(5-16)3-9(13)15/h8,16H,3-5H2,1-2H3. The van der Waals surface area contributed by atoms with Crippen LogP contribution in [0.4, 0.5) is 5.00 Å². The number of carbonyl (C=O) groups is 2. The Hall–Kier alpha value is -0.880. The lowest BCUT2D eigenvalue weighted by molar-refractivity contribution is -0.117. The number of amides is 1. The van der Waals surface area contributed by atoms with E-state index in [9.17, 15) is 9.59 Å². The van der Waals surface area contributed by atoms with Crippen molar-refractivity contribution in [1.29, 1.82) is 0 Å². The molecule has 0 saturated carbocycles. The molecule has 0 N–H and O–H groups in total. The van der Waals surface area contributed by atoms with Crippen molar-refractivity contribution in [2.24, 2.45) is 5.92 Å². The van der Waals surface area contributed by atoms with E-state index in [4.69, 9.17) is 0 Å². The second kappa shape index (κ2) is 4.78. The molecule has 0 aliphatic carbocycles. The summed E-state index contributed by atoms with van der Waals surface area (Å²) in [6.45, 7) is 3.95. The fraction of sp³-hybridized carbons (Fsp3) is 0.545. The van der Waals surface area contributed by atoms with Crippen molar-refractivity contribution < 1.29 is 9.59 Å². The van der Waals surface area contributed by atoms with Gasteiger partial charge in [-0.25, -0.2) is 0 Å². The Morgan fingerprint density at radius 2 is 2.35 bits per heavy atom. The van der Waals surface area contributed by atoms with Crippen LogP contribution in [-0.2, 0) is 4.79 Å². The van der Waals surface area contributed by atoms with Crippen LogP contribution < -0.4 is 4.90 Å². The Bertz CT molecular complexity index is 470. The summed E-state index contributed by atoms with van der Waals surface area (Å²) in [7, 11) is 0. The van der Waals surface area contributed by atoms with Gasteiger partial charge >= 0.3 is 0 Å². The van der Waals surface area contributed by atoms with Crippen LogP contribution in [0.2, 0.25) is 0 Å². The lowest BCUT2D eigenvalue weighted by Crippen LogP contribution is -2.25. The lowest BCUT2D eigenvalue weighted by Gasteiger charge is -2.15. The normalized spacial score (nSPS) is 20.1. The number of Topliss-reactive ketones (excluding diaryl/α,β-unsaturated/α-hetero) is 1. The first-order valence-electron chi connectivity index (χ1n) is 5.43. The maximum atomic E-state index is 11.9. The zero-order valence-corrected chi connectivity index (χ0v) is 11.5. The number of nitrogens with zero attached hydrogens (tertiary/aromatic N) is 2. The van der Waals surface area contributed by atoms with Crippen molar-refractivity contribution in [1.82, 2.24) is 4.37 Å². The van der Waals surface area contributed by atoms with Crippen LogP contribution in [0.1, 0.15) is 29.4 Å². The van der Waals surface area contributed by atoms with E-state index in [1.165, 1.54) is 18.5 Å². The van der Waals surface area contributed by atoms with Gasteiger partial charge in [-0.3, -0.25) is 9.59 Å². The third-order valence-corrected chi connectivity index (χ3v) is 4.38. The Kier molecular flexibility index (Phi) is 3.53. The predicted octanol–water partition coefficient (Wildman–Crippen LogP) is 1.94. The molecule has 1 fully saturated rings. The number of carbonyl (C=O) groups excluding carboxylic acids is 2. The first-order valence-corrected chi connectivity index (χ1v) is 6.83. The van der Waals surface area contributed by atoms with Crippen LogP contribution in [0.25, 0.3) is 0 Å². The summed E-state index contributed by atoms with van der Waals surface area (Å²) < 4.78 is 4.18. The van der Waals surface area contributed by atoms with E-state index in [2.05, 4.69) is 17.0 Å². The Morgan fingerprint density at radius 3 is 2.88 bits per heavy atom. The van der Waals surface area contributed by atoms with Gasteiger partial charge in [-0.1, -0.05) is 0 Å². The third kappa shape index (κ3) is 2.24. The summed E-state index contributed by atoms with van der Waals surface area (Å²) in [5.41, 5.74) is 1.29. The van der Waals surface area contributed by atoms with Gasteiger partial charge in [0.2, 0.25) is 5.91 Å². The molecular formula is C11H14N2O2S2. The van der Waals surface area contributed by atoms with E-state index in [0.717, 1.165) is 0 Å². The van der Waals surface area contributed by atoms with Crippen molar-refractivity contribution in [3.8, 4) is 0 Å². The zero-order chi connectivity index (χ0) is 12.6. The van der Waals surface area contributed by atoms with Gasteiger partial charge in [-0.05, 0) is 37.1 Å². The number of thiol groups is 1. The van der Waals surface area contributed by atoms with Crippen molar-refractivity contribution in [3.63, 3.8) is 0 Å². The molecule has 1 saturated heterocycles. The molecule has 1 aliphatic heterocycles. The lowest BCUT2D eigenvalue weighted by atomic mass is 10.1. The van der Waals surface area contributed by atoms with Crippen LogP contribution in [0.5, 0.6) is 0 Å². The van der Waals surface area contributed by atoms with Crippen LogP contribution in [-0.4, -0.2) is 28.4 Å². The van der Waals surface area contributed by atoms with E-state index in [-0.39, 0.29) is 17.6 Å². The molecular weight excluding hydrogens is 256 g/mol. The van der Waals surface area contributed by atoms with Crippen molar-refractivity contribution >= 4 is 40.9 Å². The van der Waals surface area contributed by atoms with Crippen LogP contribution >= 0.6 is 24.2 Å². The highest BCUT2D eigenvalue weighted by atomic mass is 32.1. The van der Waals surface area contributed by atoms with Crippen molar-refractivity contribution in [2.45, 2.75) is 20.3 Å². The zero-order valence-electron chi connectivity index (χ0n) is 9.77. The molecule has 1 aromatic rings. The highest BCUT2D eigenvalue weighted by Crippen LogP contribution is 2.33. The summed E-state index contributed by atoms with van der Waals surface area (Å²) in [6, 6.07) is 0. The van der Waals surface area contributed by atoms with E-state index in [1.807, 2.05) is 0 Å². The number of rotatable bonds is 3. The van der Waals surface area contributed by atoms with E-state index in [0.29, 0.717) is 35.0 Å². The Morgan fingerprint density at radius 1 is 1.65 bits per heavy atom. The minimum Gasteiger partial charge on any atom is -0.302 e. The third-order valence-electron chi connectivity index (χ3n) is 2.91. The van der Waals surface area contributed by atoms with Crippen molar-refractivity contribution in [2.75, 3.05) is 17.2 Å². The van der Waals surface area contributed by atoms with Crippen LogP contribution in [0, 0.1) is 12.8 Å². The molecule has 6 heteroatoms. The maximum absolute atomic E-state index is 11.9. The van der Waals surface area contributed by atoms with Gasteiger partial charge in [0.25, 0.3) is 0 Å². The number of ketones is 1. The highest BCUT2D eigenvalue weighted by Gasteiger charge is 2.33. The van der Waals surface area contributed by atoms with Gasteiger partial charge in [0, 0.05) is 13.0 Å². The molecule has 0 spiro atoms. The Balaban J connectivity index is 2.35. The monoisotopic (exact) mass is 270 g/mol. The quantitative estimate of drug-likeness (QED) is 0.674. The number of aromatic nitrogens is 1. The first kappa shape index (κ1) is 12.6. The topological polar surface area (TPSA) is 50.3 Å². The summed E-state index contributed by atoms with van der Waals surface area (Å²) in [5.74, 6) is 0.992. The van der Waals surface area contributed by atoms with Gasteiger partial charge in [0.1, 0.15) is 5.00 Å². The van der Waals surface area contributed by atoms with Gasteiger partial charge in [0.05, 0.1) is 11.3 Å². The van der Waals surface area contributed by atoms with Crippen molar-refractivity contribution in [3.05, 3.63) is 11.3 Å². The molecule has 2 heterocycles. The maximum Gasteiger partial charge on any atom is 0.228 e. The molecule has 92 valence electrons. The number of hydrogen-bond donors (Lipinski definition) is 1. The minimum absolute atomic E-state index is 0.0339. The molecule has 2 rings (SSSR count). The van der Waals surface area contributed by atoms with Gasteiger partial charge in [-0.15, -0.1) is 0 Å². The number of aryl methyl sites for hydroxylation is 1. The average Bonchev–Trinajstić information content (AvgIpc) is 2.81. The number of anilines is 1. The molecule has 0 aromatic carbocycles. The predicted molar refractivity (Wildman–Crippen MR) is 71.2 cm³/mol. The molecule has 1 atom stereocenters. The summed E-state index contributed by atoms with van der Waals surface area (Å²) in [5, 5.41) is 0.698. The molecule has 0 radical (unpaired) electrons. The van der Waals surface area contributed by atoms with Gasteiger partial charge in [0.15, 0.2) is 5.78 Å². The molecule has 1 amide bonds. The average molecular weight is 270 g/mol. The molecule has 1 aliphatic rings. The fourth-order valence-corrected chi connectivity index (χ4v) is 3.26. The Labute approximate surface area is 110 Å². The molecule has 0 bridgehead atoms. The molecule has 1 unspecified atom stereocenters. The highest BCUT2D eigenvalue weighted by molar-refractivity contribution is 7.80. The summed E-state index contributed by atoms with van der Waals surface area (Å²) in [6.07, 6.45) is 0.512. The SMILES string of the molecule is CC(=O)c1c(C)nsc1N1CC(CS)CC1=O. The van der Waals surface area contributed by atoms with E-state index in [1.54, 1.807) is 11.8 Å². The first-order chi connectivity index (χ1) is 8.04. The summed E-state index contributed by atoms with van der Waals surface area (Å²) in [4.78, 5) is 25.1. The second-order valence-electron chi connectivity index (χ2n) is 4.26. The van der Waals surface area contributed by atoms with Crippen LogP contribution in [0.3, 0.4) is 0 Å². The summed E-state index contributed by atoms with van der Waals surface area (Å²) >= 11 is 5.45. The fourth-order valence-electron chi connectivity index (χ4n) is 2.05. The molecule has 4 nitrogen and oxygen atoms in total. The number of hydrogen-bond acceptors (Lipinski definition) is 5. The van der Waals surface area contributed by atoms with Gasteiger partial charge < -0.3 is 4.90 Å². The minimum atomic E-state index is -0.0339. The van der Waals surface area contributed by atoms with Crippen LogP contribution in [0.15, 0.2) is 0 Å².